The van der Waals surface area contributed by atoms with Crippen LogP contribution in [0.15, 0.2) is 30.3 Å². The second kappa shape index (κ2) is 10.0. The largest absolute Gasteiger partial charge is 0.378 e. The van der Waals surface area contributed by atoms with E-state index in [9.17, 15) is 0 Å². The standard InChI is InChI=1S/C21H36O/c1-18(2)11-9-12-19(3)13-10-16-21(4,22-5)17-20-14-7-6-8-15-20/h6-8,14-15,18-19H,9-13,16-17H2,1-5H3. The van der Waals surface area contributed by atoms with Gasteiger partial charge in [-0.3, -0.25) is 0 Å². The van der Waals surface area contributed by atoms with Gasteiger partial charge in [0.15, 0.2) is 0 Å². The molecule has 0 spiro atoms. The normalized spacial score (nSPS) is 15.7. The topological polar surface area (TPSA) is 9.23 Å². The van der Waals surface area contributed by atoms with Gasteiger partial charge in [0, 0.05) is 13.5 Å². The average molecular weight is 305 g/mol. The van der Waals surface area contributed by atoms with Crippen LogP contribution in [0.4, 0.5) is 0 Å². The van der Waals surface area contributed by atoms with E-state index in [2.05, 4.69) is 58.0 Å². The molecule has 0 aliphatic rings. The first-order chi connectivity index (χ1) is 10.4. The van der Waals surface area contributed by atoms with Crippen molar-refractivity contribution in [2.45, 2.75) is 78.2 Å². The fraction of sp³-hybridized carbons (Fsp3) is 0.714. The second-order valence-corrected chi connectivity index (χ2v) is 7.64. The summed E-state index contributed by atoms with van der Waals surface area (Å²) in [5.74, 6) is 1.69. The maximum Gasteiger partial charge on any atom is 0.0690 e. The van der Waals surface area contributed by atoms with Crippen LogP contribution < -0.4 is 0 Å². The van der Waals surface area contributed by atoms with Crippen LogP contribution in [0.2, 0.25) is 0 Å². The molecule has 1 aromatic rings. The highest BCUT2D eigenvalue weighted by Crippen LogP contribution is 2.26. The van der Waals surface area contributed by atoms with E-state index in [-0.39, 0.29) is 5.60 Å². The van der Waals surface area contributed by atoms with Crippen molar-refractivity contribution in [3.63, 3.8) is 0 Å². The highest BCUT2D eigenvalue weighted by Gasteiger charge is 2.23. The van der Waals surface area contributed by atoms with Gasteiger partial charge in [-0.15, -0.1) is 0 Å². The Kier molecular flexibility index (Phi) is 8.78. The molecule has 2 unspecified atom stereocenters. The third-order valence-electron chi connectivity index (χ3n) is 4.79. The van der Waals surface area contributed by atoms with Gasteiger partial charge in [0.25, 0.3) is 0 Å². The Morgan fingerprint density at radius 2 is 1.59 bits per heavy atom. The summed E-state index contributed by atoms with van der Waals surface area (Å²) in [6.45, 7) is 9.29. The minimum absolute atomic E-state index is 0.0288. The van der Waals surface area contributed by atoms with Gasteiger partial charge in [0.05, 0.1) is 5.60 Å². The smallest absolute Gasteiger partial charge is 0.0690 e. The zero-order valence-corrected chi connectivity index (χ0v) is 15.4. The molecule has 0 N–H and O–H groups in total. The van der Waals surface area contributed by atoms with Crippen LogP contribution in [-0.4, -0.2) is 12.7 Å². The van der Waals surface area contributed by atoms with Crippen LogP contribution in [0.25, 0.3) is 0 Å². The molecule has 0 aromatic heterocycles. The molecule has 1 rings (SSSR count). The zero-order chi connectivity index (χ0) is 16.4. The molecule has 1 heteroatoms. The Balaban J connectivity index is 2.30. The quantitative estimate of drug-likeness (QED) is 0.468. The van der Waals surface area contributed by atoms with Gasteiger partial charge in [-0.1, -0.05) is 83.2 Å². The van der Waals surface area contributed by atoms with Gasteiger partial charge in [-0.25, -0.2) is 0 Å². The molecule has 1 aromatic carbocycles. The fourth-order valence-corrected chi connectivity index (χ4v) is 3.13. The molecule has 0 aliphatic carbocycles. The average Bonchev–Trinajstić information content (AvgIpc) is 2.48. The van der Waals surface area contributed by atoms with Crippen LogP contribution in [0, 0.1) is 11.8 Å². The van der Waals surface area contributed by atoms with Crippen LogP contribution in [-0.2, 0) is 11.2 Å². The molecule has 0 heterocycles. The van der Waals surface area contributed by atoms with Crippen LogP contribution in [0.5, 0.6) is 0 Å². The number of rotatable bonds is 11. The van der Waals surface area contributed by atoms with Crippen molar-refractivity contribution in [2.75, 3.05) is 7.11 Å². The van der Waals surface area contributed by atoms with E-state index in [0.29, 0.717) is 0 Å². The van der Waals surface area contributed by atoms with Crippen molar-refractivity contribution in [1.82, 2.24) is 0 Å². The third kappa shape index (κ3) is 7.98. The maximum atomic E-state index is 5.84. The monoisotopic (exact) mass is 304 g/mol. The molecule has 2 atom stereocenters. The highest BCUT2D eigenvalue weighted by atomic mass is 16.5. The molecule has 0 fully saturated rings. The van der Waals surface area contributed by atoms with E-state index in [1.54, 1.807) is 0 Å². The molecule has 22 heavy (non-hydrogen) atoms. The highest BCUT2D eigenvalue weighted by molar-refractivity contribution is 5.16. The summed E-state index contributed by atoms with van der Waals surface area (Å²) in [6, 6.07) is 10.7. The van der Waals surface area contributed by atoms with E-state index in [1.807, 2.05) is 7.11 Å². The van der Waals surface area contributed by atoms with Crippen LogP contribution >= 0.6 is 0 Å². The molecule has 0 saturated carbocycles. The lowest BCUT2D eigenvalue weighted by molar-refractivity contribution is -0.00342. The summed E-state index contributed by atoms with van der Waals surface area (Å²) in [7, 11) is 1.86. The predicted molar refractivity (Wildman–Crippen MR) is 97.3 cm³/mol. The molecule has 0 radical (unpaired) electrons. The molecule has 0 amide bonds. The first kappa shape index (κ1) is 19.2. The van der Waals surface area contributed by atoms with Crippen molar-refractivity contribution in [3.05, 3.63) is 35.9 Å². The maximum absolute atomic E-state index is 5.84. The van der Waals surface area contributed by atoms with Crippen molar-refractivity contribution in [1.29, 1.82) is 0 Å². The van der Waals surface area contributed by atoms with E-state index >= 15 is 0 Å². The lowest BCUT2D eigenvalue weighted by Gasteiger charge is -2.29. The Hall–Kier alpha value is -0.820. The summed E-state index contributed by atoms with van der Waals surface area (Å²) < 4.78 is 5.84. The molecule has 126 valence electrons. The van der Waals surface area contributed by atoms with Gasteiger partial charge in [0.1, 0.15) is 0 Å². The number of methoxy groups -OCH3 is 1. The van der Waals surface area contributed by atoms with E-state index < -0.39 is 0 Å². The molecule has 0 bridgehead atoms. The van der Waals surface area contributed by atoms with Crippen molar-refractivity contribution < 1.29 is 4.74 Å². The summed E-state index contributed by atoms with van der Waals surface area (Å²) in [5.41, 5.74) is 1.34. The Morgan fingerprint density at radius 1 is 0.955 bits per heavy atom. The van der Waals surface area contributed by atoms with Gasteiger partial charge in [0.2, 0.25) is 0 Å². The molecular weight excluding hydrogens is 268 g/mol. The Labute approximate surface area is 138 Å². The minimum atomic E-state index is -0.0288. The summed E-state index contributed by atoms with van der Waals surface area (Å²) in [6.07, 6.45) is 8.87. The number of hydrogen-bond acceptors (Lipinski definition) is 1. The number of ether oxygens (including phenoxy) is 1. The molecule has 0 saturated heterocycles. The SMILES string of the molecule is COC(C)(CCCC(C)CCCC(C)C)Cc1ccccc1. The number of benzene rings is 1. The lowest BCUT2D eigenvalue weighted by atomic mass is 9.88. The van der Waals surface area contributed by atoms with Crippen molar-refractivity contribution in [3.8, 4) is 0 Å². The van der Waals surface area contributed by atoms with Crippen LogP contribution in [0.3, 0.4) is 0 Å². The van der Waals surface area contributed by atoms with E-state index in [4.69, 9.17) is 4.74 Å². The molecule has 0 aliphatic heterocycles. The first-order valence-electron chi connectivity index (χ1n) is 9.04. The van der Waals surface area contributed by atoms with Gasteiger partial charge in [-0.2, -0.15) is 0 Å². The Bertz CT molecular complexity index is 384. The second-order valence-electron chi connectivity index (χ2n) is 7.64. The van der Waals surface area contributed by atoms with E-state index in [1.165, 1.54) is 37.7 Å². The summed E-state index contributed by atoms with van der Waals surface area (Å²) >= 11 is 0. The van der Waals surface area contributed by atoms with Gasteiger partial charge >= 0.3 is 0 Å². The fourth-order valence-electron chi connectivity index (χ4n) is 3.13. The minimum Gasteiger partial charge on any atom is -0.378 e. The van der Waals surface area contributed by atoms with Crippen molar-refractivity contribution >= 4 is 0 Å². The zero-order valence-electron chi connectivity index (χ0n) is 15.4. The summed E-state index contributed by atoms with van der Waals surface area (Å²) in [4.78, 5) is 0. The first-order valence-corrected chi connectivity index (χ1v) is 9.04. The van der Waals surface area contributed by atoms with Crippen molar-refractivity contribution in [2.24, 2.45) is 11.8 Å². The van der Waals surface area contributed by atoms with E-state index in [0.717, 1.165) is 24.7 Å². The third-order valence-corrected chi connectivity index (χ3v) is 4.79. The van der Waals surface area contributed by atoms with Gasteiger partial charge < -0.3 is 4.74 Å². The van der Waals surface area contributed by atoms with Gasteiger partial charge in [-0.05, 0) is 30.7 Å². The lowest BCUT2D eigenvalue weighted by Crippen LogP contribution is -2.30. The summed E-state index contributed by atoms with van der Waals surface area (Å²) in [5, 5.41) is 0. The Morgan fingerprint density at radius 3 is 2.18 bits per heavy atom. The number of hydrogen-bond donors (Lipinski definition) is 0. The van der Waals surface area contributed by atoms with Crippen LogP contribution in [0.1, 0.15) is 71.8 Å². The molecule has 1 nitrogen and oxygen atoms in total. The molecular formula is C21H36O. The predicted octanol–water partition coefficient (Wildman–Crippen LogP) is 6.27.